The Kier molecular flexibility index (Phi) is 3.99. The van der Waals surface area contributed by atoms with Gasteiger partial charge in [-0.25, -0.2) is 4.79 Å². The summed E-state index contributed by atoms with van der Waals surface area (Å²) in [5, 5.41) is 8.98. The summed E-state index contributed by atoms with van der Waals surface area (Å²) in [5.41, 5.74) is 1.14. The molecule has 0 saturated carbocycles. The number of anilines is 1. The average molecular weight is 315 g/mol. The number of carboxylic acids is 1. The molecule has 21 heavy (non-hydrogen) atoms. The maximum atomic E-state index is 12.7. The second kappa shape index (κ2) is 5.44. The van der Waals surface area contributed by atoms with Crippen molar-refractivity contribution in [1.82, 2.24) is 0 Å². The molecular formula is C13H14FNO5S. The fourth-order valence-corrected chi connectivity index (χ4v) is 3.23. The number of aromatic carboxylic acids is 1. The minimum Gasteiger partial charge on any atom is -0.478 e. The molecule has 1 N–H and O–H groups in total. The van der Waals surface area contributed by atoms with E-state index in [0.717, 1.165) is 0 Å². The Morgan fingerprint density at radius 2 is 2.14 bits per heavy atom. The Morgan fingerprint density at radius 3 is 2.71 bits per heavy atom. The summed E-state index contributed by atoms with van der Waals surface area (Å²) in [7, 11) is -4.64. The van der Waals surface area contributed by atoms with E-state index in [4.69, 9.17) is 5.11 Å². The number of hydrogen-bond donors (Lipinski definition) is 1. The van der Waals surface area contributed by atoms with E-state index < -0.39 is 27.9 Å². The molecule has 6 nitrogen and oxygen atoms in total. The highest BCUT2D eigenvalue weighted by Gasteiger charge is 2.34. The minimum absolute atomic E-state index is 0.0324. The van der Waals surface area contributed by atoms with Crippen LogP contribution in [0.2, 0.25) is 0 Å². The van der Waals surface area contributed by atoms with E-state index in [1.54, 1.807) is 13.0 Å². The fourth-order valence-electron chi connectivity index (χ4n) is 2.44. The van der Waals surface area contributed by atoms with Crippen LogP contribution in [0.15, 0.2) is 18.2 Å². The van der Waals surface area contributed by atoms with Gasteiger partial charge in [-0.2, -0.15) is 8.42 Å². The van der Waals surface area contributed by atoms with Crippen LogP contribution in [-0.4, -0.2) is 37.7 Å². The van der Waals surface area contributed by atoms with Gasteiger partial charge < -0.3 is 10.0 Å². The number of halogens is 1. The van der Waals surface area contributed by atoms with Crippen molar-refractivity contribution in [1.29, 1.82) is 0 Å². The molecule has 1 aliphatic rings. The van der Waals surface area contributed by atoms with Crippen molar-refractivity contribution < 1.29 is 27.0 Å². The summed E-state index contributed by atoms with van der Waals surface area (Å²) in [4.78, 5) is 24.3. The normalized spacial score (nSPS) is 19.0. The van der Waals surface area contributed by atoms with Crippen LogP contribution < -0.4 is 4.90 Å². The fraction of sp³-hybridized carbons (Fsp3) is 0.385. The predicted molar refractivity (Wildman–Crippen MR) is 73.5 cm³/mol. The van der Waals surface area contributed by atoms with Crippen LogP contribution in [0.4, 0.5) is 9.57 Å². The Balaban J connectivity index is 2.28. The van der Waals surface area contributed by atoms with Gasteiger partial charge in [0.05, 0.1) is 11.3 Å². The summed E-state index contributed by atoms with van der Waals surface area (Å²) in [6.07, 6.45) is -0.0696. The van der Waals surface area contributed by atoms with E-state index in [1.807, 2.05) is 0 Å². The first-order chi connectivity index (χ1) is 9.67. The number of nitrogens with zero attached hydrogens (tertiary/aromatic N) is 1. The quantitative estimate of drug-likeness (QED) is 0.847. The summed E-state index contributed by atoms with van der Waals surface area (Å²) in [6, 6.07) is 4.36. The molecule has 1 aromatic rings. The molecule has 1 saturated heterocycles. The standard InChI is InChI=1S/C13H14FNO5S/c1-8-2-3-10(13(17)18)5-11(8)15-6-9(4-12(15)16)7-21(14,19)20/h2-3,5,9H,4,6-7H2,1H3,(H,17,18). The summed E-state index contributed by atoms with van der Waals surface area (Å²) < 4.78 is 34.1. The number of hydrogen-bond acceptors (Lipinski definition) is 4. The molecule has 2 rings (SSSR count). The van der Waals surface area contributed by atoms with Crippen molar-refractivity contribution in [3.05, 3.63) is 29.3 Å². The first kappa shape index (κ1) is 15.4. The lowest BCUT2D eigenvalue weighted by Crippen LogP contribution is -2.26. The molecule has 0 bridgehead atoms. The largest absolute Gasteiger partial charge is 0.478 e. The van der Waals surface area contributed by atoms with Gasteiger partial charge in [0.15, 0.2) is 0 Å². The van der Waals surface area contributed by atoms with Gasteiger partial charge in [-0.05, 0) is 24.6 Å². The van der Waals surface area contributed by atoms with Gasteiger partial charge >= 0.3 is 16.2 Å². The third-order valence-corrected chi connectivity index (χ3v) is 4.26. The number of amides is 1. The van der Waals surface area contributed by atoms with Crippen molar-refractivity contribution in [3.8, 4) is 0 Å². The van der Waals surface area contributed by atoms with E-state index in [2.05, 4.69) is 0 Å². The van der Waals surface area contributed by atoms with E-state index >= 15 is 0 Å². The first-order valence-electron chi connectivity index (χ1n) is 6.24. The molecule has 0 aliphatic carbocycles. The predicted octanol–water partition coefficient (Wildman–Crippen LogP) is 1.35. The van der Waals surface area contributed by atoms with Crippen LogP contribution in [0, 0.1) is 12.8 Å². The van der Waals surface area contributed by atoms with Crippen molar-refractivity contribution in [2.24, 2.45) is 5.92 Å². The second-order valence-electron chi connectivity index (χ2n) is 5.09. The number of carboxylic acid groups (broad SMARTS) is 1. The molecule has 1 atom stereocenters. The van der Waals surface area contributed by atoms with Crippen LogP contribution in [-0.2, 0) is 15.0 Å². The number of rotatable bonds is 4. The zero-order valence-corrected chi connectivity index (χ0v) is 12.1. The number of benzene rings is 1. The van der Waals surface area contributed by atoms with E-state index in [9.17, 15) is 21.9 Å². The van der Waals surface area contributed by atoms with Crippen LogP contribution >= 0.6 is 0 Å². The van der Waals surface area contributed by atoms with Crippen molar-refractivity contribution in [3.63, 3.8) is 0 Å². The third-order valence-electron chi connectivity index (χ3n) is 3.39. The lowest BCUT2D eigenvalue weighted by Gasteiger charge is -2.19. The molecule has 8 heteroatoms. The molecule has 1 aliphatic heterocycles. The van der Waals surface area contributed by atoms with Crippen LogP contribution in [0.5, 0.6) is 0 Å². The molecule has 1 fully saturated rings. The number of carbonyl (C=O) groups excluding carboxylic acids is 1. The molecule has 1 heterocycles. The summed E-state index contributed by atoms with van der Waals surface area (Å²) in [6.45, 7) is 1.78. The van der Waals surface area contributed by atoms with Gasteiger partial charge in [-0.15, -0.1) is 3.89 Å². The van der Waals surface area contributed by atoms with E-state index in [-0.39, 0.29) is 24.4 Å². The van der Waals surface area contributed by atoms with Gasteiger partial charge in [-0.1, -0.05) is 6.07 Å². The molecule has 0 spiro atoms. The zero-order valence-electron chi connectivity index (χ0n) is 11.2. The molecule has 0 aromatic heterocycles. The van der Waals surface area contributed by atoms with Gasteiger partial charge in [0.1, 0.15) is 0 Å². The monoisotopic (exact) mass is 315 g/mol. The van der Waals surface area contributed by atoms with Crippen molar-refractivity contribution in [2.75, 3.05) is 17.2 Å². The highest BCUT2D eigenvalue weighted by Crippen LogP contribution is 2.29. The topological polar surface area (TPSA) is 91.8 Å². The van der Waals surface area contributed by atoms with Crippen LogP contribution in [0.3, 0.4) is 0 Å². The van der Waals surface area contributed by atoms with E-state index in [0.29, 0.717) is 11.3 Å². The average Bonchev–Trinajstić information content (AvgIpc) is 2.67. The molecule has 0 radical (unpaired) electrons. The maximum absolute atomic E-state index is 12.7. The Labute approximate surface area is 121 Å². The van der Waals surface area contributed by atoms with Gasteiger partial charge in [0.2, 0.25) is 5.91 Å². The Morgan fingerprint density at radius 1 is 1.48 bits per heavy atom. The highest BCUT2D eigenvalue weighted by molar-refractivity contribution is 7.86. The van der Waals surface area contributed by atoms with Crippen molar-refractivity contribution in [2.45, 2.75) is 13.3 Å². The first-order valence-corrected chi connectivity index (χ1v) is 7.79. The van der Waals surface area contributed by atoms with E-state index in [1.165, 1.54) is 17.0 Å². The van der Waals surface area contributed by atoms with Crippen molar-refractivity contribution >= 4 is 27.8 Å². The summed E-state index contributed by atoms with van der Waals surface area (Å²) in [5.74, 6) is -2.78. The second-order valence-corrected chi connectivity index (χ2v) is 6.50. The number of aryl methyl sites for hydroxylation is 1. The zero-order chi connectivity index (χ0) is 15.8. The lowest BCUT2D eigenvalue weighted by atomic mass is 10.1. The SMILES string of the molecule is Cc1ccc(C(=O)O)cc1N1CC(CS(=O)(=O)F)CC1=O. The van der Waals surface area contributed by atoms with Crippen LogP contribution in [0.25, 0.3) is 0 Å². The number of carbonyl (C=O) groups is 2. The Hall–Kier alpha value is -1.96. The van der Waals surface area contributed by atoms with Gasteiger partial charge in [0.25, 0.3) is 0 Å². The maximum Gasteiger partial charge on any atom is 0.335 e. The highest BCUT2D eigenvalue weighted by atomic mass is 32.3. The van der Waals surface area contributed by atoms with Gasteiger partial charge in [-0.3, -0.25) is 4.79 Å². The molecule has 1 unspecified atom stereocenters. The molecule has 1 aromatic carbocycles. The third kappa shape index (κ3) is 3.57. The lowest BCUT2D eigenvalue weighted by molar-refractivity contribution is -0.117. The minimum atomic E-state index is -4.64. The Bertz CT molecular complexity index is 701. The summed E-state index contributed by atoms with van der Waals surface area (Å²) >= 11 is 0. The molecular weight excluding hydrogens is 301 g/mol. The van der Waals surface area contributed by atoms with Gasteiger partial charge in [0, 0.05) is 24.6 Å². The molecule has 114 valence electrons. The smallest absolute Gasteiger partial charge is 0.335 e. The molecule has 1 amide bonds. The van der Waals surface area contributed by atoms with Crippen LogP contribution in [0.1, 0.15) is 22.3 Å².